The van der Waals surface area contributed by atoms with Crippen molar-refractivity contribution < 1.29 is 9.53 Å². The molecular weight excluding hydrogens is 232 g/mol. The minimum absolute atomic E-state index is 0.0150. The van der Waals surface area contributed by atoms with Gasteiger partial charge in [0.15, 0.2) is 11.5 Å². The van der Waals surface area contributed by atoms with Crippen molar-refractivity contribution >= 4 is 11.7 Å². The summed E-state index contributed by atoms with van der Waals surface area (Å²) in [5.74, 6) is -0.0649. The number of primary amides is 1. The Bertz CT molecular complexity index is 598. The first kappa shape index (κ1) is 11.8. The van der Waals surface area contributed by atoms with Crippen molar-refractivity contribution in [2.45, 2.75) is 0 Å². The number of anilines is 1. The quantitative estimate of drug-likeness (QED) is 0.832. The predicted molar refractivity (Wildman–Crippen MR) is 67.0 cm³/mol. The molecule has 0 atom stereocenters. The maximum Gasteiger partial charge on any atom is 0.271 e. The molecule has 6 nitrogen and oxygen atoms in total. The normalized spacial score (nSPS) is 10.1. The van der Waals surface area contributed by atoms with Gasteiger partial charge in [-0.05, 0) is 12.1 Å². The van der Waals surface area contributed by atoms with E-state index in [-0.39, 0.29) is 11.5 Å². The summed E-state index contributed by atoms with van der Waals surface area (Å²) >= 11 is 0. The number of aromatic nitrogens is 2. The van der Waals surface area contributed by atoms with Crippen molar-refractivity contribution in [1.29, 1.82) is 0 Å². The number of ether oxygens (including phenoxy) is 1. The molecule has 0 unspecified atom stereocenters. The molecule has 2 rings (SSSR count). The van der Waals surface area contributed by atoms with Crippen LogP contribution in [0.2, 0.25) is 0 Å². The van der Waals surface area contributed by atoms with E-state index in [0.29, 0.717) is 11.4 Å². The third kappa shape index (κ3) is 2.08. The number of nitrogens with two attached hydrogens (primary N) is 2. The second-order valence-corrected chi connectivity index (χ2v) is 3.55. The van der Waals surface area contributed by atoms with Crippen LogP contribution in [-0.4, -0.2) is 23.0 Å². The van der Waals surface area contributed by atoms with Gasteiger partial charge >= 0.3 is 0 Å². The number of para-hydroxylation sites is 1. The fourth-order valence-corrected chi connectivity index (χ4v) is 1.57. The van der Waals surface area contributed by atoms with Crippen LogP contribution in [0.15, 0.2) is 30.5 Å². The fourth-order valence-electron chi connectivity index (χ4n) is 1.57. The fraction of sp³-hybridized carbons (Fsp3) is 0.0833. The van der Waals surface area contributed by atoms with Crippen molar-refractivity contribution in [2.75, 3.05) is 12.8 Å². The minimum Gasteiger partial charge on any atom is -0.496 e. The predicted octanol–water partition coefficient (Wildman–Crippen LogP) is 0.833. The third-order valence-electron chi connectivity index (χ3n) is 2.42. The zero-order valence-electron chi connectivity index (χ0n) is 9.75. The number of hydrogen-bond acceptors (Lipinski definition) is 5. The molecule has 4 N–H and O–H groups in total. The summed E-state index contributed by atoms with van der Waals surface area (Å²) in [6, 6.07) is 7.27. The Morgan fingerprint density at radius 2 is 2.06 bits per heavy atom. The van der Waals surface area contributed by atoms with Crippen molar-refractivity contribution in [3.05, 3.63) is 36.2 Å². The van der Waals surface area contributed by atoms with E-state index in [1.165, 1.54) is 6.20 Å². The van der Waals surface area contributed by atoms with Gasteiger partial charge in [-0.2, -0.15) is 0 Å². The molecule has 92 valence electrons. The number of hydrogen-bond donors (Lipinski definition) is 2. The maximum absolute atomic E-state index is 11.2. The molecule has 0 saturated carbocycles. The van der Waals surface area contributed by atoms with Crippen LogP contribution in [-0.2, 0) is 0 Å². The van der Waals surface area contributed by atoms with E-state index in [1.54, 1.807) is 13.2 Å². The monoisotopic (exact) mass is 244 g/mol. The van der Waals surface area contributed by atoms with Gasteiger partial charge in [-0.25, -0.2) is 9.97 Å². The smallest absolute Gasteiger partial charge is 0.271 e. The summed E-state index contributed by atoms with van der Waals surface area (Å²) in [5.41, 5.74) is 11.9. The van der Waals surface area contributed by atoms with Crippen LogP contribution in [0, 0.1) is 0 Å². The highest BCUT2D eigenvalue weighted by Crippen LogP contribution is 2.28. The SMILES string of the molecule is COc1ccccc1-c1cnc(N)c(C(N)=O)n1. The number of carbonyl (C=O) groups is 1. The first-order valence-electron chi connectivity index (χ1n) is 5.19. The highest BCUT2D eigenvalue weighted by Gasteiger charge is 2.13. The van der Waals surface area contributed by atoms with Gasteiger partial charge in [0.25, 0.3) is 5.91 Å². The Hall–Kier alpha value is -2.63. The molecule has 18 heavy (non-hydrogen) atoms. The van der Waals surface area contributed by atoms with Gasteiger partial charge < -0.3 is 16.2 Å². The lowest BCUT2D eigenvalue weighted by atomic mass is 10.1. The third-order valence-corrected chi connectivity index (χ3v) is 2.42. The summed E-state index contributed by atoms with van der Waals surface area (Å²) in [5, 5.41) is 0. The van der Waals surface area contributed by atoms with Gasteiger partial charge in [0.05, 0.1) is 19.0 Å². The van der Waals surface area contributed by atoms with Crippen molar-refractivity contribution in [3.63, 3.8) is 0 Å². The zero-order valence-corrected chi connectivity index (χ0v) is 9.75. The molecule has 0 radical (unpaired) electrons. The summed E-state index contributed by atoms with van der Waals surface area (Å²) in [6.07, 6.45) is 1.47. The van der Waals surface area contributed by atoms with E-state index in [0.717, 1.165) is 5.56 Å². The minimum atomic E-state index is -0.711. The Balaban J connectivity index is 2.58. The van der Waals surface area contributed by atoms with Crippen LogP contribution < -0.4 is 16.2 Å². The molecule has 2 aromatic rings. The maximum atomic E-state index is 11.2. The summed E-state index contributed by atoms with van der Waals surface area (Å²) < 4.78 is 5.22. The lowest BCUT2D eigenvalue weighted by molar-refractivity contribution is 0.0996. The molecule has 0 bridgehead atoms. The second-order valence-electron chi connectivity index (χ2n) is 3.55. The molecule has 1 aromatic heterocycles. The van der Waals surface area contributed by atoms with Crippen molar-refractivity contribution in [3.8, 4) is 17.0 Å². The molecule has 1 amide bonds. The highest BCUT2D eigenvalue weighted by molar-refractivity contribution is 5.95. The van der Waals surface area contributed by atoms with Crippen LogP contribution in [0.25, 0.3) is 11.3 Å². The molecule has 1 aromatic carbocycles. The number of methoxy groups -OCH3 is 1. The Kier molecular flexibility index (Phi) is 3.09. The zero-order chi connectivity index (χ0) is 13.1. The molecule has 0 aliphatic heterocycles. The van der Waals surface area contributed by atoms with Crippen LogP contribution in [0.5, 0.6) is 5.75 Å². The number of rotatable bonds is 3. The number of amides is 1. The van der Waals surface area contributed by atoms with E-state index < -0.39 is 5.91 Å². The van der Waals surface area contributed by atoms with E-state index in [2.05, 4.69) is 9.97 Å². The van der Waals surface area contributed by atoms with Crippen LogP contribution in [0.3, 0.4) is 0 Å². The van der Waals surface area contributed by atoms with Crippen LogP contribution >= 0.6 is 0 Å². The Labute approximate surface area is 104 Å². The number of benzene rings is 1. The van der Waals surface area contributed by atoms with Gasteiger partial charge in [0.2, 0.25) is 0 Å². The van der Waals surface area contributed by atoms with E-state index in [9.17, 15) is 4.79 Å². The average molecular weight is 244 g/mol. The first-order valence-corrected chi connectivity index (χ1v) is 5.19. The van der Waals surface area contributed by atoms with Gasteiger partial charge in [-0.3, -0.25) is 4.79 Å². The van der Waals surface area contributed by atoms with Crippen molar-refractivity contribution in [1.82, 2.24) is 9.97 Å². The number of nitrogen functional groups attached to an aromatic ring is 1. The largest absolute Gasteiger partial charge is 0.496 e. The summed E-state index contributed by atoms with van der Waals surface area (Å²) in [4.78, 5) is 19.2. The Morgan fingerprint density at radius 3 is 2.72 bits per heavy atom. The summed E-state index contributed by atoms with van der Waals surface area (Å²) in [7, 11) is 1.55. The summed E-state index contributed by atoms with van der Waals surface area (Å²) in [6.45, 7) is 0. The molecule has 0 saturated heterocycles. The Morgan fingerprint density at radius 1 is 1.33 bits per heavy atom. The van der Waals surface area contributed by atoms with Crippen LogP contribution in [0.4, 0.5) is 5.82 Å². The highest BCUT2D eigenvalue weighted by atomic mass is 16.5. The van der Waals surface area contributed by atoms with Gasteiger partial charge in [0.1, 0.15) is 5.75 Å². The molecule has 1 heterocycles. The number of nitrogens with zero attached hydrogens (tertiary/aromatic N) is 2. The van der Waals surface area contributed by atoms with E-state index in [4.69, 9.17) is 16.2 Å². The van der Waals surface area contributed by atoms with Crippen molar-refractivity contribution in [2.24, 2.45) is 5.73 Å². The topological polar surface area (TPSA) is 104 Å². The first-order chi connectivity index (χ1) is 8.63. The lowest BCUT2D eigenvalue weighted by Gasteiger charge is -2.08. The molecular formula is C12H12N4O2. The molecule has 6 heteroatoms. The van der Waals surface area contributed by atoms with E-state index >= 15 is 0 Å². The van der Waals surface area contributed by atoms with E-state index in [1.807, 2.05) is 18.2 Å². The average Bonchev–Trinajstić information content (AvgIpc) is 2.39. The second kappa shape index (κ2) is 4.70. The molecule has 0 aliphatic carbocycles. The molecule has 0 fully saturated rings. The molecule has 0 aliphatic rings. The van der Waals surface area contributed by atoms with Crippen LogP contribution in [0.1, 0.15) is 10.5 Å². The van der Waals surface area contributed by atoms with Gasteiger partial charge in [0, 0.05) is 5.56 Å². The lowest BCUT2D eigenvalue weighted by Crippen LogP contribution is -2.17. The van der Waals surface area contributed by atoms with Gasteiger partial charge in [-0.15, -0.1) is 0 Å². The molecule has 0 spiro atoms. The van der Waals surface area contributed by atoms with Gasteiger partial charge in [-0.1, -0.05) is 12.1 Å². The number of carbonyl (C=O) groups excluding carboxylic acids is 1. The standard InChI is InChI=1S/C12H12N4O2/c1-18-9-5-3-2-4-7(9)8-6-15-11(13)10(16-8)12(14)17/h2-6H,1H3,(H2,13,15)(H2,14,17).